The lowest BCUT2D eigenvalue weighted by Gasteiger charge is -2.27. The van der Waals surface area contributed by atoms with Crippen LogP contribution in [0, 0.1) is 5.41 Å². The highest BCUT2D eigenvalue weighted by Gasteiger charge is 2.51. The van der Waals surface area contributed by atoms with E-state index < -0.39 is 0 Å². The molecule has 1 fully saturated rings. The third-order valence-corrected chi connectivity index (χ3v) is 3.45. The number of aromatic nitrogens is 2. The van der Waals surface area contributed by atoms with Gasteiger partial charge < -0.3 is 5.32 Å². The molecule has 0 aliphatic carbocycles. The topological polar surface area (TPSA) is 37.9 Å². The van der Waals surface area contributed by atoms with Crippen molar-refractivity contribution in [2.24, 2.45) is 5.41 Å². The molecule has 0 atom stereocenters. The van der Waals surface area contributed by atoms with E-state index in [1.807, 2.05) is 23.1 Å². The van der Waals surface area contributed by atoms with Crippen LogP contribution in [0.5, 0.6) is 0 Å². The van der Waals surface area contributed by atoms with Gasteiger partial charge in [-0.1, -0.05) is 4.68 Å². The van der Waals surface area contributed by atoms with E-state index in [2.05, 4.69) is 5.32 Å². The van der Waals surface area contributed by atoms with E-state index in [9.17, 15) is 4.79 Å². The van der Waals surface area contributed by atoms with Gasteiger partial charge in [-0.15, -0.1) is 4.68 Å². The van der Waals surface area contributed by atoms with Crippen LogP contribution in [-0.4, -0.2) is 23.7 Å². The molecule has 3 rings (SSSR count). The molecule has 0 unspecified atom stereocenters. The van der Waals surface area contributed by atoms with Gasteiger partial charge >= 0.3 is 0 Å². The third kappa shape index (κ3) is 0.917. The number of rotatable bonds is 0. The molecular formula is C10H14N3O+. The zero-order chi connectivity index (χ0) is 9.60. The maximum atomic E-state index is 12.1. The molecule has 74 valence electrons. The van der Waals surface area contributed by atoms with Gasteiger partial charge in [-0.3, -0.25) is 4.79 Å². The fourth-order valence-corrected chi connectivity index (χ4v) is 2.59. The van der Waals surface area contributed by atoms with E-state index in [0.29, 0.717) is 0 Å². The van der Waals surface area contributed by atoms with E-state index in [0.717, 1.165) is 32.5 Å². The van der Waals surface area contributed by atoms with Crippen molar-refractivity contribution in [2.45, 2.75) is 19.4 Å². The van der Waals surface area contributed by atoms with E-state index in [4.69, 9.17) is 0 Å². The predicted octanol–water partition coefficient (Wildman–Crippen LogP) is -0.201. The van der Waals surface area contributed by atoms with Crippen molar-refractivity contribution in [3.8, 4) is 0 Å². The van der Waals surface area contributed by atoms with Crippen molar-refractivity contribution in [3.63, 3.8) is 0 Å². The number of carbonyl (C=O) groups is 1. The van der Waals surface area contributed by atoms with Crippen molar-refractivity contribution < 1.29 is 9.48 Å². The van der Waals surface area contributed by atoms with Crippen LogP contribution in [0.25, 0.3) is 0 Å². The van der Waals surface area contributed by atoms with Crippen molar-refractivity contribution >= 4 is 5.91 Å². The van der Waals surface area contributed by atoms with Crippen molar-refractivity contribution in [2.75, 3.05) is 13.1 Å². The summed E-state index contributed by atoms with van der Waals surface area (Å²) in [5.41, 5.74) is -0.105. The fourth-order valence-electron chi connectivity index (χ4n) is 2.59. The number of nitrogens with one attached hydrogen (secondary N) is 1. The molecule has 3 heterocycles. The minimum Gasteiger partial charge on any atom is -0.317 e. The zero-order valence-corrected chi connectivity index (χ0v) is 8.07. The van der Waals surface area contributed by atoms with Gasteiger partial charge in [-0.05, 0) is 25.9 Å². The number of hydrogen-bond acceptors (Lipinski definition) is 2. The molecule has 1 saturated heterocycles. The van der Waals surface area contributed by atoms with Crippen LogP contribution >= 0.6 is 0 Å². The molecule has 1 aromatic rings. The highest BCUT2D eigenvalue weighted by atomic mass is 16.2. The van der Waals surface area contributed by atoms with Crippen molar-refractivity contribution in [3.05, 3.63) is 18.5 Å². The molecular weight excluding hydrogens is 178 g/mol. The Kier molecular flexibility index (Phi) is 1.56. The quantitative estimate of drug-likeness (QED) is 0.578. The second kappa shape index (κ2) is 2.67. The number of piperidine rings is 1. The standard InChI is InChI=1S/C10H14N3O/c14-9-10(2-4-11-5-3-10)8-12-6-1-7-13(9)12/h1,6-7,11H,2-5,8H2/q+1. The molecule has 14 heavy (non-hydrogen) atoms. The molecule has 2 aliphatic rings. The summed E-state index contributed by atoms with van der Waals surface area (Å²) >= 11 is 0. The van der Waals surface area contributed by atoms with Crippen LogP contribution in [-0.2, 0) is 6.54 Å². The largest absolute Gasteiger partial charge is 0.317 e. The van der Waals surface area contributed by atoms with Gasteiger partial charge in [0.05, 0.1) is 6.20 Å². The summed E-state index contributed by atoms with van der Waals surface area (Å²) in [5, 5.41) is 3.30. The Morgan fingerprint density at radius 2 is 2.21 bits per heavy atom. The van der Waals surface area contributed by atoms with Crippen LogP contribution in [0.2, 0.25) is 0 Å². The monoisotopic (exact) mass is 192 g/mol. The highest BCUT2D eigenvalue weighted by Crippen LogP contribution is 2.33. The Balaban J connectivity index is 1.99. The van der Waals surface area contributed by atoms with E-state index in [-0.39, 0.29) is 11.3 Å². The SMILES string of the molecule is O=C1n2ccc[n+]2CC12CCNCC2. The van der Waals surface area contributed by atoms with Gasteiger partial charge in [-0.2, -0.15) is 0 Å². The molecule has 0 bridgehead atoms. The summed E-state index contributed by atoms with van der Waals surface area (Å²) in [6.07, 6.45) is 5.79. The summed E-state index contributed by atoms with van der Waals surface area (Å²) in [7, 11) is 0. The predicted molar refractivity (Wildman–Crippen MR) is 49.8 cm³/mol. The Bertz CT molecular complexity index is 376. The second-order valence-electron chi connectivity index (χ2n) is 4.27. The van der Waals surface area contributed by atoms with Gasteiger partial charge in [0.2, 0.25) is 0 Å². The average molecular weight is 192 g/mol. The molecule has 0 saturated carbocycles. The summed E-state index contributed by atoms with van der Waals surface area (Å²) in [6.45, 7) is 2.80. The third-order valence-electron chi connectivity index (χ3n) is 3.45. The molecule has 2 aliphatic heterocycles. The lowest BCUT2D eigenvalue weighted by Crippen LogP contribution is -2.43. The Hall–Kier alpha value is -1.16. The number of carbonyl (C=O) groups excluding carboxylic acids is 1. The first-order valence-corrected chi connectivity index (χ1v) is 5.14. The maximum absolute atomic E-state index is 12.1. The highest BCUT2D eigenvalue weighted by molar-refractivity contribution is 5.84. The Morgan fingerprint density at radius 3 is 2.93 bits per heavy atom. The first kappa shape index (κ1) is 8.17. The fraction of sp³-hybridized carbons (Fsp3) is 0.600. The van der Waals surface area contributed by atoms with Crippen molar-refractivity contribution in [1.82, 2.24) is 10.00 Å². The Morgan fingerprint density at radius 1 is 1.43 bits per heavy atom. The number of hydrogen-bond donors (Lipinski definition) is 1. The molecule has 0 amide bonds. The summed E-state index contributed by atoms with van der Waals surface area (Å²) in [4.78, 5) is 12.1. The van der Waals surface area contributed by atoms with E-state index >= 15 is 0 Å². The normalized spacial score (nSPS) is 24.1. The van der Waals surface area contributed by atoms with E-state index in [1.54, 1.807) is 4.68 Å². The van der Waals surface area contributed by atoms with Gasteiger partial charge in [0.1, 0.15) is 5.41 Å². The average Bonchev–Trinajstić information content (AvgIpc) is 2.73. The molecule has 0 radical (unpaired) electrons. The lowest BCUT2D eigenvalue weighted by atomic mass is 9.79. The summed E-state index contributed by atoms with van der Waals surface area (Å²) in [6, 6.07) is 1.92. The van der Waals surface area contributed by atoms with Gasteiger partial charge in [-0.25, -0.2) is 0 Å². The van der Waals surface area contributed by atoms with Gasteiger partial charge in [0, 0.05) is 6.07 Å². The minimum absolute atomic E-state index is 0.105. The smallest absolute Gasteiger partial charge is 0.295 e. The molecule has 1 aromatic heterocycles. The molecule has 1 spiro atoms. The summed E-state index contributed by atoms with van der Waals surface area (Å²) < 4.78 is 3.78. The van der Waals surface area contributed by atoms with Crippen LogP contribution in [0.15, 0.2) is 18.5 Å². The van der Waals surface area contributed by atoms with Crippen molar-refractivity contribution in [1.29, 1.82) is 0 Å². The second-order valence-corrected chi connectivity index (χ2v) is 4.27. The number of fused-ring (bicyclic) bond motifs is 1. The van der Waals surface area contributed by atoms with Crippen LogP contribution < -0.4 is 10.00 Å². The number of nitrogens with zero attached hydrogens (tertiary/aromatic N) is 2. The first-order chi connectivity index (χ1) is 6.82. The maximum Gasteiger partial charge on any atom is 0.295 e. The minimum atomic E-state index is -0.105. The van der Waals surface area contributed by atoms with Gasteiger partial charge in [0.15, 0.2) is 12.7 Å². The van der Waals surface area contributed by atoms with Gasteiger partial charge in [0.25, 0.3) is 5.91 Å². The zero-order valence-electron chi connectivity index (χ0n) is 8.07. The molecule has 1 N–H and O–H groups in total. The molecule has 4 nitrogen and oxygen atoms in total. The molecule has 4 heteroatoms. The first-order valence-electron chi connectivity index (χ1n) is 5.14. The Labute approximate surface area is 82.5 Å². The van der Waals surface area contributed by atoms with E-state index in [1.165, 1.54) is 0 Å². The van der Waals surface area contributed by atoms with Crippen LogP contribution in [0.4, 0.5) is 0 Å². The van der Waals surface area contributed by atoms with Crippen LogP contribution in [0.3, 0.4) is 0 Å². The summed E-state index contributed by atoms with van der Waals surface area (Å²) in [5.74, 6) is 0.281. The molecule has 0 aromatic carbocycles. The van der Waals surface area contributed by atoms with Crippen LogP contribution in [0.1, 0.15) is 17.6 Å². The lowest BCUT2D eigenvalue weighted by molar-refractivity contribution is -0.759.